The van der Waals surface area contributed by atoms with Crippen molar-refractivity contribution in [2.24, 2.45) is 0 Å². The van der Waals surface area contributed by atoms with Crippen molar-refractivity contribution in [1.29, 1.82) is 0 Å². The zero-order valence-corrected chi connectivity index (χ0v) is 13.2. The molecule has 1 aliphatic rings. The third kappa shape index (κ3) is 4.39. The van der Waals surface area contributed by atoms with Crippen LogP contribution < -0.4 is 14.8 Å². The van der Waals surface area contributed by atoms with E-state index in [9.17, 15) is 4.79 Å². The molecule has 23 heavy (non-hydrogen) atoms. The fraction of sp³-hybridized carbons (Fsp3) is 0.375. The zero-order valence-electron chi connectivity index (χ0n) is 12.5. The molecule has 7 heteroatoms. The Labute approximate surface area is 138 Å². The molecule has 1 atom stereocenters. The summed E-state index contributed by atoms with van der Waals surface area (Å²) in [6.45, 7) is 1.02. The van der Waals surface area contributed by atoms with Crippen molar-refractivity contribution < 1.29 is 18.8 Å². The average molecular weight is 337 g/mol. The number of rotatable bonds is 6. The molecule has 1 aromatic heterocycles. The largest absolute Gasteiger partial charge is 0.486 e. The number of benzene rings is 1. The molecule has 0 spiro atoms. The van der Waals surface area contributed by atoms with E-state index in [0.29, 0.717) is 43.3 Å². The Balaban J connectivity index is 1.36. The summed E-state index contributed by atoms with van der Waals surface area (Å²) in [5.41, 5.74) is 0. The molecule has 1 N–H and O–H groups in total. The van der Waals surface area contributed by atoms with Crippen LogP contribution in [0.3, 0.4) is 0 Å². The van der Waals surface area contributed by atoms with Gasteiger partial charge in [0, 0.05) is 31.9 Å². The minimum Gasteiger partial charge on any atom is -0.486 e. The molecular formula is C16H17ClN2O4. The summed E-state index contributed by atoms with van der Waals surface area (Å²) in [6.07, 6.45) is 1.44. The number of nitrogens with one attached hydrogen (secondary N) is 1. The predicted molar refractivity (Wildman–Crippen MR) is 83.8 cm³/mol. The summed E-state index contributed by atoms with van der Waals surface area (Å²) in [4.78, 5) is 11.8. The second-order valence-electron chi connectivity index (χ2n) is 5.25. The van der Waals surface area contributed by atoms with E-state index >= 15 is 0 Å². The molecule has 6 nitrogen and oxygen atoms in total. The highest BCUT2D eigenvalue weighted by Gasteiger charge is 2.20. The van der Waals surface area contributed by atoms with Crippen molar-refractivity contribution in [1.82, 2.24) is 10.5 Å². The molecule has 3 rings (SSSR count). The van der Waals surface area contributed by atoms with Gasteiger partial charge in [0.1, 0.15) is 18.5 Å². The van der Waals surface area contributed by atoms with Gasteiger partial charge in [0.15, 0.2) is 16.7 Å². The van der Waals surface area contributed by atoms with E-state index in [4.69, 9.17) is 25.6 Å². The van der Waals surface area contributed by atoms with Gasteiger partial charge in [0.2, 0.25) is 5.91 Å². The number of hydrogen-bond donors (Lipinski definition) is 1. The van der Waals surface area contributed by atoms with Crippen LogP contribution in [0, 0.1) is 0 Å². The van der Waals surface area contributed by atoms with Crippen LogP contribution in [0.15, 0.2) is 34.9 Å². The maximum atomic E-state index is 11.8. The van der Waals surface area contributed by atoms with E-state index in [0.717, 1.165) is 11.5 Å². The Morgan fingerprint density at radius 3 is 2.96 bits per heavy atom. The van der Waals surface area contributed by atoms with Crippen LogP contribution in [0.1, 0.15) is 18.6 Å². The van der Waals surface area contributed by atoms with Crippen LogP contribution in [-0.2, 0) is 11.2 Å². The summed E-state index contributed by atoms with van der Waals surface area (Å²) in [5.74, 6) is 2.07. The Kier molecular flexibility index (Phi) is 5.02. The third-order valence-electron chi connectivity index (χ3n) is 3.48. The van der Waals surface area contributed by atoms with Crippen molar-refractivity contribution >= 4 is 17.5 Å². The number of aromatic nitrogens is 1. The lowest BCUT2D eigenvalue weighted by Crippen LogP contribution is -2.34. The highest BCUT2D eigenvalue weighted by atomic mass is 35.5. The highest BCUT2D eigenvalue weighted by Crippen LogP contribution is 2.31. The summed E-state index contributed by atoms with van der Waals surface area (Å²) in [7, 11) is 0. The minimum absolute atomic E-state index is 0.0466. The number of aryl methyl sites for hydroxylation is 1. The maximum absolute atomic E-state index is 11.8. The van der Waals surface area contributed by atoms with Gasteiger partial charge >= 0.3 is 0 Å². The smallest absolute Gasteiger partial charge is 0.220 e. The Morgan fingerprint density at radius 2 is 2.17 bits per heavy atom. The molecule has 0 saturated heterocycles. The lowest BCUT2D eigenvalue weighted by atomic mass is 10.2. The molecule has 1 aromatic carbocycles. The fourth-order valence-electron chi connectivity index (χ4n) is 2.31. The number of ether oxygens (including phenoxy) is 2. The van der Waals surface area contributed by atoms with E-state index in [1.807, 2.05) is 24.3 Å². The third-order valence-corrected chi connectivity index (χ3v) is 3.66. The van der Waals surface area contributed by atoms with E-state index in [1.54, 1.807) is 6.07 Å². The molecule has 2 aromatic rings. The van der Waals surface area contributed by atoms with E-state index in [-0.39, 0.29) is 12.0 Å². The number of carbonyl (C=O) groups excluding carboxylic acids is 1. The van der Waals surface area contributed by atoms with Crippen molar-refractivity contribution in [2.75, 3.05) is 13.2 Å². The van der Waals surface area contributed by atoms with Crippen LogP contribution in [0.25, 0.3) is 0 Å². The predicted octanol–water partition coefficient (Wildman–Crippen LogP) is 2.61. The van der Waals surface area contributed by atoms with Gasteiger partial charge in [-0.05, 0) is 12.1 Å². The van der Waals surface area contributed by atoms with Gasteiger partial charge in [0.25, 0.3) is 0 Å². The summed E-state index contributed by atoms with van der Waals surface area (Å²) < 4.78 is 16.4. The van der Waals surface area contributed by atoms with Gasteiger partial charge in [-0.15, -0.1) is 0 Å². The molecule has 0 bridgehead atoms. The first-order valence-corrected chi connectivity index (χ1v) is 7.85. The molecule has 0 saturated carbocycles. The normalized spacial score (nSPS) is 16.1. The SMILES string of the molecule is O=C(CCc1cc(Cl)no1)NCC[C@@H]1COc2ccccc2O1. The van der Waals surface area contributed by atoms with Crippen molar-refractivity contribution in [3.63, 3.8) is 0 Å². The summed E-state index contributed by atoms with van der Waals surface area (Å²) in [6, 6.07) is 9.18. The first kappa shape index (κ1) is 15.7. The second-order valence-corrected chi connectivity index (χ2v) is 5.64. The number of nitrogens with zero attached hydrogens (tertiary/aromatic N) is 1. The van der Waals surface area contributed by atoms with Gasteiger partial charge in [-0.25, -0.2) is 0 Å². The van der Waals surface area contributed by atoms with E-state index in [1.165, 1.54) is 0 Å². The number of hydrogen-bond acceptors (Lipinski definition) is 5. The second kappa shape index (κ2) is 7.37. The quantitative estimate of drug-likeness (QED) is 0.877. The van der Waals surface area contributed by atoms with Crippen LogP contribution in [0.5, 0.6) is 11.5 Å². The molecule has 0 fully saturated rings. The first-order chi connectivity index (χ1) is 11.2. The minimum atomic E-state index is -0.0571. The van der Waals surface area contributed by atoms with Crippen molar-refractivity contribution in [2.45, 2.75) is 25.4 Å². The van der Waals surface area contributed by atoms with Crippen LogP contribution in [0.4, 0.5) is 0 Å². The van der Waals surface area contributed by atoms with Gasteiger partial charge in [-0.3, -0.25) is 4.79 Å². The lowest BCUT2D eigenvalue weighted by molar-refractivity contribution is -0.121. The zero-order chi connectivity index (χ0) is 16.1. The molecule has 1 amide bonds. The number of halogens is 1. The topological polar surface area (TPSA) is 73.6 Å². The molecule has 1 aliphatic heterocycles. The van der Waals surface area contributed by atoms with Crippen molar-refractivity contribution in [3.8, 4) is 11.5 Å². The lowest BCUT2D eigenvalue weighted by Gasteiger charge is -2.26. The van der Waals surface area contributed by atoms with Gasteiger partial charge in [0.05, 0.1) is 0 Å². The molecular weight excluding hydrogens is 320 g/mol. The number of amides is 1. The number of carbonyl (C=O) groups is 1. The summed E-state index contributed by atoms with van der Waals surface area (Å²) >= 11 is 5.65. The number of fused-ring (bicyclic) bond motifs is 1. The Hall–Kier alpha value is -2.21. The fourth-order valence-corrected chi connectivity index (χ4v) is 2.46. The van der Waals surface area contributed by atoms with Crippen molar-refractivity contribution in [3.05, 3.63) is 41.2 Å². The van der Waals surface area contributed by atoms with Crippen LogP contribution in [-0.4, -0.2) is 30.3 Å². The highest BCUT2D eigenvalue weighted by molar-refractivity contribution is 6.29. The monoisotopic (exact) mass is 336 g/mol. The first-order valence-electron chi connectivity index (χ1n) is 7.47. The summed E-state index contributed by atoms with van der Waals surface area (Å²) in [5, 5.41) is 6.73. The molecule has 0 radical (unpaired) electrons. The van der Waals surface area contributed by atoms with E-state index < -0.39 is 0 Å². The van der Waals surface area contributed by atoms with Crippen LogP contribution >= 0.6 is 11.6 Å². The number of para-hydroxylation sites is 2. The molecule has 0 unspecified atom stereocenters. The van der Waals surface area contributed by atoms with Gasteiger partial charge in [-0.2, -0.15) is 0 Å². The molecule has 2 heterocycles. The van der Waals surface area contributed by atoms with Gasteiger partial charge in [-0.1, -0.05) is 28.9 Å². The average Bonchev–Trinajstić information content (AvgIpc) is 2.98. The van der Waals surface area contributed by atoms with Crippen LogP contribution in [0.2, 0.25) is 5.15 Å². The molecule has 122 valence electrons. The standard InChI is InChI=1S/C16H17ClN2O4/c17-15-9-11(23-19-15)5-6-16(20)18-8-7-12-10-21-13-3-1-2-4-14(13)22-12/h1-4,9,12H,5-8,10H2,(H,18,20)/t12-/m1/s1. The maximum Gasteiger partial charge on any atom is 0.220 e. The Morgan fingerprint density at radius 1 is 1.35 bits per heavy atom. The molecule has 0 aliphatic carbocycles. The van der Waals surface area contributed by atoms with E-state index in [2.05, 4.69) is 10.5 Å². The van der Waals surface area contributed by atoms with Gasteiger partial charge < -0.3 is 19.3 Å². The Bertz CT molecular complexity index is 674.